The first-order valence-electron chi connectivity index (χ1n) is 6.48. The highest BCUT2D eigenvalue weighted by Gasteiger charge is 2.14. The maximum Gasteiger partial charge on any atom is 0.149 e. The minimum absolute atomic E-state index is 0.0789. The van der Waals surface area contributed by atoms with Gasteiger partial charge in [-0.3, -0.25) is 15.4 Å². The van der Waals surface area contributed by atoms with Crippen molar-refractivity contribution in [2.45, 2.75) is 6.92 Å². The van der Waals surface area contributed by atoms with Crippen molar-refractivity contribution in [3.8, 4) is 11.5 Å². The topological polar surface area (TPSA) is 84.9 Å². The fraction of sp³-hybridized carbons (Fsp3) is 0.0625. The van der Waals surface area contributed by atoms with Gasteiger partial charge in [-0.05, 0) is 31.2 Å². The molecule has 0 fully saturated rings. The lowest BCUT2D eigenvalue weighted by Gasteiger charge is -2.13. The molecule has 0 aliphatic rings. The Balaban J connectivity index is 2.21. The first kappa shape index (κ1) is 13.1. The number of pyridine rings is 2. The van der Waals surface area contributed by atoms with E-state index in [-0.39, 0.29) is 5.84 Å². The molecule has 3 rings (SSSR count). The van der Waals surface area contributed by atoms with E-state index in [1.807, 2.05) is 37.3 Å². The number of benzene rings is 1. The second-order valence-electron chi connectivity index (χ2n) is 4.62. The Labute approximate surface area is 121 Å². The van der Waals surface area contributed by atoms with Gasteiger partial charge in [0.1, 0.15) is 17.3 Å². The zero-order chi connectivity index (χ0) is 14.8. The van der Waals surface area contributed by atoms with E-state index < -0.39 is 0 Å². The van der Waals surface area contributed by atoms with Crippen LogP contribution in [0.1, 0.15) is 11.3 Å². The van der Waals surface area contributed by atoms with Gasteiger partial charge in [-0.1, -0.05) is 12.1 Å². The summed E-state index contributed by atoms with van der Waals surface area (Å²) in [6, 6.07) is 11.2. The second kappa shape index (κ2) is 5.20. The van der Waals surface area contributed by atoms with Crippen molar-refractivity contribution >= 4 is 16.7 Å². The number of para-hydroxylation sites is 1. The van der Waals surface area contributed by atoms with Crippen LogP contribution in [-0.2, 0) is 0 Å². The van der Waals surface area contributed by atoms with Gasteiger partial charge < -0.3 is 10.5 Å². The number of hydrogen-bond acceptors (Lipinski definition) is 4. The molecule has 2 heterocycles. The van der Waals surface area contributed by atoms with Gasteiger partial charge in [-0.25, -0.2) is 0 Å². The predicted octanol–water partition coefficient (Wildman–Crippen LogP) is 3.01. The molecule has 0 aliphatic heterocycles. The minimum Gasteiger partial charge on any atom is -0.454 e. The van der Waals surface area contributed by atoms with Gasteiger partial charge in [0.25, 0.3) is 0 Å². The quantitative estimate of drug-likeness (QED) is 0.569. The van der Waals surface area contributed by atoms with Crippen LogP contribution in [-0.4, -0.2) is 15.8 Å². The lowest BCUT2D eigenvalue weighted by molar-refractivity contribution is 0.479. The van der Waals surface area contributed by atoms with Crippen LogP contribution in [0.5, 0.6) is 11.5 Å². The summed E-state index contributed by atoms with van der Waals surface area (Å²) in [6.07, 6.45) is 3.27. The molecule has 3 N–H and O–H groups in total. The van der Waals surface area contributed by atoms with E-state index in [4.69, 9.17) is 15.9 Å². The van der Waals surface area contributed by atoms with E-state index >= 15 is 0 Å². The highest BCUT2D eigenvalue weighted by atomic mass is 16.5. The highest BCUT2D eigenvalue weighted by Crippen LogP contribution is 2.33. The molecule has 5 nitrogen and oxygen atoms in total. The highest BCUT2D eigenvalue weighted by molar-refractivity contribution is 6.03. The molecule has 1 aromatic carbocycles. The number of hydrogen-bond donors (Lipinski definition) is 2. The largest absolute Gasteiger partial charge is 0.454 e. The third kappa shape index (κ3) is 2.41. The summed E-state index contributed by atoms with van der Waals surface area (Å²) in [4.78, 5) is 8.51. The summed E-state index contributed by atoms with van der Waals surface area (Å²) in [5.74, 6) is 1.09. The summed E-state index contributed by atoms with van der Waals surface area (Å²) >= 11 is 0. The van der Waals surface area contributed by atoms with Crippen LogP contribution in [0.3, 0.4) is 0 Å². The Bertz CT molecular complexity index is 829. The van der Waals surface area contributed by atoms with E-state index in [0.29, 0.717) is 17.1 Å². The average Bonchev–Trinajstić information content (AvgIpc) is 2.49. The van der Waals surface area contributed by atoms with Crippen molar-refractivity contribution in [2.24, 2.45) is 5.73 Å². The smallest absolute Gasteiger partial charge is 0.149 e. The standard InChI is InChI=1S/C16H14N4O/c1-10-14(7-4-8-19-10)21-15-11-5-2-3-6-13(11)20-9-12(15)16(17)18/h2-9H,1H3,(H3,17,18). The molecule has 0 amide bonds. The molecule has 2 aromatic heterocycles. The zero-order valence-electron chi connectivity index (χ0n) is 11.5. The van der Waals surface area contributed by atoms with Gasteiger partial charge in [0.15, 0.2) is 0 Å². The maximum absolute atomic E-state index is 7.71. The Hall–Kier alpha value is -2.95. The van der Waals surface area contributed by atoms with Crippen LogP contribution in [0.25, 0.3) is 10.9 Å². The maximum atomic E-state index is 7.71. The van der Waals surface area contributed by atoms with Gasteiger partial charge in [0.2, 0.25) is 0 Å². The third-order valence-electron chi connectivity index (χ3n) is 3.19. The van der Waals surface area contributed by atoms with Gasteiger partial charge in [-0.15, -0.1) is 0 Å². The van der Waals surface area contributed by atoms with Crippen molar-refractivity contribution < 1.29 is 4.74 Å². The number of nitrogens with zero attached hydrogens (tertiary/aromatic N) is 2. The molecular weight excluding hydrogens is 264 g/mol. The summed E-state index contributed by atoms with van der Waals surface area (Å²) in [6.45, 7) is 1.87. The monoisotopic (exact) mass is 278 g/mol. The van der Waals surface area contributed by atoms with Crippen molar-refractivity contribution in [3.63, 3.8) is 0 Å². The van der Waals surface area contributed by atoms with Crippen LogP contribution in [0.2, 0.25) is 0 Å². The lowest BCUT2D eigenvalue weighted by atomic mass is 10.1. The Morgan fingerprint density at radius 2 is 1.95 bits per heavy atom. The molecule has 0 bridgehead atoms. The summed E-state index contributed by atoms with van der Waals surface area (Å²) in [5, 5.41) is 8.53. The molecule has 0 unspecified atom stereocenters. The molecule has 0 atom stereocenters. The van der Waals surface area contributed by atoms with Gasteiger partial charge in [0, 0.05) is 17.8 Å². The third-order valence-corrected chi connectivity index (χ3v) is 3.19. The average molecular weight is 278 g/mol. The van der Waals surface area contributed by atoms with Crippen LogP contribution < -0.4 is 10.5 Å². The zero-order valence-corrected chi connectivity index (χ0v) is 11.5. The number of nitrogens with one attached hydrogen (secondary N) is 1. The van der Waals surface area contributed by atoms with Gasteiger partial charge in [-0.2, -0.15) is 0 Å². The molecule has 21 heavy (non-hydrogen) atoms. The number of amidine groups is 1. The van der Waals surface area contributed by atoms with E-state index in [2.05, 4.69) is 9.97 Å². The number of ether oxygens (including phenoxy) is 1. The number of aryl methyl sites for hydroxylation is 1. The summed E-state index contributed by atoms with van der Waals surface area (Å²) < 4.78 is 5.99. The number of rotatable bonds is 3. The van der Waals surface area contributed by atoms with E-state index in [1.165, 1.54) is 0 Å². The molecule has 0 saturated carbocycles. The van der Waals surface area contributed by atoms with Crippen molar-refractivity contribution in [1.82, 2.24) is 9.97 Å². The molecule has 0 saturated heterocycles. The second-order valence-corrected chi connectivity index (χ2v) is 4.62. The first-order chi connectivity index (χ1) is 10.2. The number of nitrogens with two attached hydrogens (primary N) is 1. The predicted molar refractivity (Wildman–Crippen MR) is 81.8 cm³/mol. The number of fused-ring (bicyclic) bond motifs is 1. The fourth-order valence-corrected chi connectivity index (χ4v) is 2.11. The van der Waals surface area contributed by atoms with Crippen LogP contribution in [0.15, 0.2) is 48.8 Å². The molecule has 5 heteroatoms. The van der Waals surface area contributed by atoms with Crippen molar-refractivity contribution in [1.29, 1.82) is 5.41 Å². The van der Waals surface area contributed by atoms with Crippen molar-refractivity contribution in [2.75, 3.05) is 0 Å². The summed E-state index contributed by atoms with van der Waals surface area (Å²) in [7, 11) is 0. The Morgan fingerprint density at radius 3 is 2.71 bits per heavy atom. The summed E-state index contributed by atoms with van der Waals surface area (Å²) in [5.41, 5.74) is 7.68. The molecule has 0 aliphatic carbocycles. The van der Waals surface area contributed by atoms with E-state index in [9.17, 15) is 0 Å². The van der Waals surface area contributed by atoms with E-state index in [0.717, 1.165) is 16.6 Å². The SMILES string of the molecule is Cc1ncccc1Oc1c(C(=N)N)cnc2ccccc12. The van der Waals surface area contributed by atoms with Gasteiger partial charge >= 0.3 is 0 Å². The lowest BCUT2D eigenvalue weighted by Crippen LogP contribution is -2.13. The molecular formula is C16H14N4O. The first-order valence-corrected chi connectivity index (χ1v) is 6.48. The van der Waals surface area contributed by atoms with E-state index in [1.54, 1.807) is 18.5 Å². The van der Waals surface area contributed by atoms with Crippen LogP contribution >= 0.6 is 0 Å². The molecule has 104 valence electrons. The van der Waals surface area contributed by atoms with Crippen LogP contribution in [0, 0.1) is 12.3 Å². The Kier molecular flexibility index (Phi) is 3.23. The molecule has 3 aromatic rings. The molecule has 0 radical (unpaired) electrons. The molecule has 0 spiro atoms. The van der Waals surface area contributed by atoms with Crippen molar-refractivity contribution in [3.05, 3.63) is 60.0 Å². The number of nitrogen functional groups attached to an aromatic ring is 1. The Morgan fingerprint density at radius 1 is 1.14 bits per heavy atom. The number of aromatic nitrogens is 2. The normalized spacial score (nSPS) is 10.5. The van der Waals surface area contributed by atoms with Crippen LogP contribution in [0.4, 0.5) is 0 Å². The minimum atomic E-state index is -0.0789. The fourth-order valence-electron chi connectivity index (χ4n) is 2.11. The van der Waals surface area contributed by atoms with Gasteiger partial charge in [0.05, 0.1) is 16.8 Å².